The highest BCUT2D eigenvalue weighted by Crippen LogP contribution is 2.65. The van der Waals surface area contributed by atoms with Crippen molar-refractivity contribution in [1.29, 1.82) is 0 Å². The third-order valence-corrected chi connectivity index (χ3v) is 13.3. The summed E-state index contributed by atoms with van der Waals surface area (Å²) in [4.78, 5) is 67.9. The minimum Gasteiger partial charge on any atom is -0.363 e. The first-order valence-electron chi connectivity index (χ1n) is 16.9. The summed E-state index contributed by atoms with van der Waals surface area (Å²) in [5.41, 5.74) is 3.87. The van der Waals surface area contributed by atoms with Crippen LogP contribution in [0.4, 0.5) is 4.79 Å². The van der Waals surface area contributed by atoms with Gasteiger partial charge in [0.25, 0.3) is 5.91 Å². The average molecular weight is 681 g/mol. The molecule has 5 N–H and O–H groups in total. The summed E-state index contributed by atoms with van der Waals surface area (Å²) in [6.07, 6.45) is 4.44. The molecule has 0 aromatic rings. The van der Waals surface area contributed by atoms with E-state index in [0.29, 0.717) is 25.8 Å². The normalized spacial score (nSPS) is 26.0. The Kier molecular flexibility index (Phi) is 10.2. The summed E-state index contributed by atoms with van der Waals surface area (Å²) in [5, 5.41) is 8.18. The predicted molar refractivity (Wildman–Crippen MR) is 177 cm³/mol. The molecule has 0 aromatic carbocycles. The Morgan fingerprint density at radius 3 is 2.00 bits per heavy atom. The summed E-state index contributed by atoms with van der Waals surface area (Å²) < 4.78 is 27.0. The van der Waals surface area contributed by atoms with Gasteiger partial charge in [0, 0.05) is 26.2 Å². The van der Waals surface area contributed by atoms with Crippen molar-refractivity contribution in [2.75, 3.05) is 20.1 Å². The maximum absolute atomic E-state index is 14.3. The molecule has 3 saturated carbocycles. The molecule has 4 aliphatic rings. The third kappa shape index (κ3) is 7.95. The number of nitrogens with two attached hydrogens (primary N) is 1. The number of likely N-dealkylation sites (tertiary alicyclic amines) is 1. The number of carbonyl (C=O) groups excluding carboxylic acids is 5. The molecule has 0 aromatic heterocycles. The molecule has 4 rings (SSSR count). The molecule has 266 valence electrons. The average Bonchev–Trinajstić information content (AvgIpc) is 3.80. The lowest BCUT2D eigenvalue weighted by Crippen LogP contribution is -2.62. The lowest BCUT2D eigenvalue weighted by molar-refractivity contribution is -0.145. The molecule has 14 heteroatoms. The molecule has 13 nitrogen and oxygen atoms in total. The number of rotatable bonds is 13. The molecule has 5 amide bonds. The van der Waals surface area contributed by atoms with Crippen LogP contribution in [0.5, 0.6) is 0 Å². The van der Waals surface area contributed by atoms with E-state index in [4.69, 9.17) is 5.73 Å². The second-order valence-electron chi connectivity index (χ2n) is 17.1. The largest absolute Gasteiger partial charge is 0.363 e. The van der Waals surface area contributed by atoms with Crippen LogP contribution < -0.4 is 21.7 Å². The molecule has 0 bridgehead atoms. The molecule has 1 unspecified atom stereocenters. The van der Waals surface area contributed by atoms with Crippen molar-refractivity contribution < 1.29 is 32.4 Å². The third-order valence-electron chi connectivity index (χ3n) is 11.0. The number of primary amides is 1. The first-order valence-corrected chi connectivity index (χ1v) is 18.4. The van der Waals surface area contributed by atoms with E-state index in [1.165, 1.54) is 16.3 Å². The van der Waals surface area contributed by atoms with E-state index in [-0.39, 0.29) is 35.0 Å². The van der Waals surface area contributed by atoms with Crippen LogP contribution >= 0.6 is 0 Å². The number of sulfonamides is 1. The molecule has 1 saturated heterocycles. The summed E-state index contributed by atoms with van der Waals surface area (Å²) in [6, 6.07) is -4.14. The molecule has 1 aliphatic heterocycles. The highest BCUT2D eigenvalue weighted by molar-refractivity contribution is 7.90. The van der Waals surface area contributed by atoms with Crippen molar-refractivity contribution in [2.24, 2.45) is 39.7 Å². The van der Waals surface area contributed by atoms with Gasteiger partial charge in [-0.2, -0.15) is 0 Å². The second kappa shape index (κ2) is 12.9. The van der Waals surface area contributed by atoms with E-state index in [2.05, 4.69) is 16.0 Å². The van der Waals surface area contributed by atoms with Gasteiger partial charge in [-0.25, -0.2) is 17.5 Å². The fraction of sp³-hybridized carbons (Fsp3) is 0.848. The highest BCUT2D eigenvalue weighted by atomic mass is 32.2. The second-order valence-corrected chi connectivity index (χ2v) is 19.4. The van der Waals surface area contributed by atoms with Crippen molar-refractivity contribution >= 4 is 39.6 Å². The Morgan fingerprint density at radius 1 is 0.936 bits per heavy atom. The van der Waals surface area contributed by atoms with E-state index < -0.39 is 74.6 Å². The predicted octanol–water partition coefficient (Wildman–Crippen LogP) is 1.75. The van der Waals surface area contributed by atoms with Gasteiger partial charge < -0.3 is 26.6 Å². The lowest BCUT2D eigenvalue weighted by atomic mass is 9.80. The number of ketones is 1. The number of piperidine rings is 1. The highest BCUT2D eigenvalue weighted by Gasteiger charge is 2.70. The van der Waals surface area contributed by atoms with Crippen LogP contribution in [0.1, 0.15) is 93.9 Å². The van der Waals surface area contributed by atoms with Crippen LogP contribution in [0.2, 0.25) is 0 Å². The molecule has 0 radical (unpaired) electrons. The van der Waals surface area contributed by atoms with Crippen LogP contribution in [0, 0.1) is 34.0 Å². The van der Waals surface area contributed by atoms with Gasteiger partial charge in [-0.1, -0.05) is 74.7 Å². The van der Waals surface area contributed by atoms with Crippen molar-refractivity contribution in [2.45, 2.75) is 123 Å². The van der Waals surface area contributed by atoms with Gasteiger partial charge in [0.05, 0.1) is 11.3 Å². The van der Waals surface area contributed by atoms with Crippen LogP contribution in [-0.4, -0.2) is 96.7 Å². The molecule has 3 aliphatic carbocycles. The monoisotopic (exact) mass is 680 g/mol. The van der Waals surface area contributed by atoms with Gasteiger partial charge in [0.15, 0.2) is 0 Å². The van der Waals surface area contributed by atoms with Gasteiger partial charge in [0.1, 0.15) is 12.1 Å². The Hall–Kier alpha value is -2.74. The van der Waals surface area contributed by atoms with Crippen LogP contribution in [-0.2, 0) is 29.2 Å². The van der Waals surface area contributed by atoms with Gasteiger partial charge in [-0.3, -0.25) is 19.2 Å². The van der Waals surface area contributed by atoms with Crippen LogP contribution in [0.25, 0.3) is 0 Å². The zero-order valence-corrected chi connectivity index (χ0v) is 30.3. The van der Waals surface area contributed by atoms with E-state index in [1.807, 2.05) is 55.4 Å². The molecule has 6 atom stereocenters. The molecular weight excluding hydrogens is 624 g/mol. The Bertz CT molecular complexity index is 1380. The number of hydrogen-bond acceptors (Lipinski definition) is 7. The number of carbonyl (C=O) groups is 5. The topological polar surface area (TPSA) is 188 Å². The van der Waals surface area contributed by atoms with Crippen LogP contribution in [0.3, 0.4) is 0 Å². The van der Waals surface area contributed by atoms with E-state index in [9.17, 15) is 32.4 Å². The van der Waals surface area contributed by atoms with E-state index >= 15 is 0 Å². The maximum atomic E-state index is 14.3. The van der Waals surface area contributed by atoms with Crippen molar-refractivity contribution in [1.82, 2.24) is 25.2 Å². The summed E-state index contributed by atoms with van der Waals surface area (Å²) in [6.45, 7) is 15.7. The lowest BCUT2D eigenvalue weighted by Gasteiger charge is -2.39. The van der Waals surface area contributed by atoms with Gasteiger partial charge in [-0.15, -0.1) is 0 Å². The number of nitrogens with zero attached hydrogens (tertiary/aromatic N) is 2. The summed E-state index contributed by atoms with van der Waals surface area (Å²) in [7, 11) is -1.94. The summed E-state index contributed by atoms with van der Waals surface area (Å²) >= 11 is 0. The van der Waals surface area contributed by atoms with Gasteiger partial charge in [-0.05, 0) is 53.3 Å². The first kappa shape index (κ1) is 37.1. The zero-order valence-electron chi connectivity index (χ0n) is 29.5. The Morgan fingerprint density at radius 2 is 1.53 bits per heavy atom. The number of amides is 5. The molecular formula is C33H56N6O7S. The van der Waals surface area contributed by atoms with Crippen LogP contribution in [0.15, 0.2) is 0 Å². The van der Waals surface area contributed by atoms with E-state index in [0.717, 1.165) is 19.3 Å². The SMILES string of the molecule is CN(C[C@@H](NC(=O)N[C@H](C(=O)N1C[C@H]2[C@@H]([C@H]1C(=O)NC(CC1CCC1)C(=O)C(N)=O)C2(C)C)C(C)(C)C)C(C)(C)C)S(=O)(=O)C1CC1. The maximum Gasteiger partial charge on any atom is 0.315 e. The Labute approximate surface area is 279 Å². The number of likely N-dealkylation sites (N-methyl/N-ethyl adjacent to an activating group) is 1. The number of nitrogens with one attached hydrogen (secondary N) is 3. The smallest absolute Gasteiger partial charge is 0.315 e. The number of fused-ring (bicyclic) bond motifs is 1. The number of urea groups is 1. The fourth-order valence-electron chi connectivity index (χ4n) is 7.20. The van der Waals surface area contributed by atoms with E-state index in [1.54, 1.807) is 0 Å². The number of hydrogen-bond donors (Lipinski definition) is 4. The molecule has 1 heterocycles. The van der Waals surface area contributed by atoms with Gasteiger partial charge >= 0.3 is 6.03 Å². The quantitative estimate of drug-likeness (QED) is 0.213. The van der Waals surface area contributed by atoms with Gasteiger partial charge in [0.2, 0.25) is 27.6 Å². The van der Waals surface area contributed by atoms with Crippen molar-refractivity contribution in [3.63, 3.8) is 0 Å². The molecule has 4 fully saturated rings. The van der Waals surface area contributed by atoms with Crippen molar-refractivity contribution in [3.05, 3.63) is 0 Å². The summed E-state index contributed by atoms with van der Waals surface area (Å²) in [5.74, 6) is -2.75. The number of Topliss-reactive ketones (excluding diaryl/α,β-unsaturated/α-hetero) is 1. The van der Waals surface area contributed by atoms with Crippen molar-refractivity contribution in [3.8, 4) is 0 Å². The molecule has 47 heavy (non-hydrogen) atoms. The zero-order chi connectivity index (χ0) is 35.4. The standard InChI is InChI=1S/C33H56N6O7S/c1-31(2,3)22(17-38(9)47(45,46)19-13-14-19)36-30(44)37-26(32(4,5)6)29(43)39-16-20-23(33(20,7)8)24(39)28(42)35-21(25(40)27(34)41)15-18-11-10-12-18/h18-24,26H,10-17H2,1-9H3,(H2,34,41)(H,35,42)(H2,36,37,44)/t20-,21?,22+,23-,24-,26+/m0/s1. The molecule has 0 spiro atoms. The fourth-order valence-corrected chi connectivity index (χ4v) is 8.80. The first-order chi connectivity index (χ1) is 21.5. The Balaban J connectivity index is 1.52. The minimum atomic E-state index is -3.46. The minimum absolute atomic E-state index is 0.0581.